The second-order valence-corrected chi connectivity index (χ2v) is 22.0. The van der Waals surface area contributed by atoms with E-state index < -0.39 is 6.10 Å². The smallest absolute Gasteiger partial charge is 0.306 e. The molecule has 0 aromatic rings. The van der Waals surface area contributed by atoms with Crippen LogP contribution in [0.5, 0.6) is 0 Å². The molecule has 440 valence electrons. The number of rotatable bonds is 60. The Labute approximate surface area is 472 Å². The van der Waals surface area contributed by atoms with Gasteiger partial charge in [-0.1, -0.05) is 299 Å². The quantitative estimate of drug-likeness (QED) is 0.0261. The lowest BCUT2D eigenvalue weighted by atomic mass is 10.0. The molecule has 1 atom stereocenters. The minimum Gasteiger partial charge on any atom is -0.462 e. The Morgan fingerprint density at radius 2 is 0.513 bits per heavy atom. The van der Waals surface area contributed by atoms with Crippen LogP contribution in [0.2, 0.25) is 0 Å². The van der Waals surface area contributed by atoms with E-state index in [-0.39, 0.29) is 31.1 Å². The fraction of sp³-hybridized carbons (Fsp3) is 0.786. The van der Waals surface area contributed by atoms with Gasteiger partial charge in [0.1, 0.15) is 13.2 Å². The Balaban J connectivity index is 4.13. The summed E-state index contributed by atoms with van der Waals surface area (Å²) in [5, 5.41) is 0. The number of carbonyl (C=O) groups is 3. The summed E-state index contributed by atoms with van der Waals surface area (Å²) in [6.45, 7) is 6.52. The molecule has 0 bridgehead atoms. The molecule has 0 aromatic heterocycles. The summed E-state index contributed by atoms with van der Waals surface area (Å²) in [6, 6.07) is 0. The molecule has 0 N–H and O–H groups in total. The summed E-state index contributed by atoms with van der Waals surface area (Å²) < 4.78 is 16.9. The summed E-state index contributed by atoms with van der Waals surface area (Å²) in [4.78, 5) is 38.1. The van der Waals surface area contributed by atoms with Gasteiger partial charge in [0.05, 0.1) is 0 Å². The van der Waals surface area contributed by atoms with Crippen LogP contribution in [-0.2, 0) is 28.6 Å². The molecule has 0 fully saturated rings. The maximum absolute atomic E-state index is 12.9. The van der Waals surface area contributed by atoms with Crippen molar-refractivity contribution in [3.05, 3.63) is 72.9 Å². The molecule has 0 saturated heterocycles. The monoisotopic (exact) mass is 1060 g/mol. The molecule has 0 spiro atoms. The largest absolute Gasteiger partial charge is 0.462 e. The Hall–Kier alpha value is -3.15. The van der Waals surface area contributed by atoms with Crippen molar-refractivity contribution in [2.24, 2.45) is 0 Å². The fourth-order valence-corrected chi connectivity index (χ4v) is 9.53. The SMILES string of the molecule is CC/C=C\C/C=C\C/C=C\C/C=C\C/C=C\CCCCCCCC(=O)OC(COC(=O)CCCCCCCCCC)COC(=O)CCCCCCCCCCCCCCCCCCC/C=C\CCCCCCCCCC. The number of hydrogen-bond acceptors (Lipinski definition) is 6. The van der Waals surface area contributed by atoms with E-state index in [1.54, 1.807) is 0 Å². The first-order valence-electron chi connectivity index (χ1n) is 32.9. The lowest BCUT2D eigenvalue weighted by Crippen LogP contribution is -2.30. The fourth-order valence-electron chi connectivity index (χ4n) is 9.53. The molecular formula is C70H124O6. The normalized spacial score (nSPS) is 12.5. The molecule has 0 saturated carbocycles. The highest BCUT2D eigenvalue weighted by Gasteiger charge is 2.19. The van der Waals surface area contributed by atoms with Crippen molar-refractivity contribution in [2.45, 2.75) is 341 Å². The van der Waals surface area contributed by atoms with Crippen molar-refractivity contribution in [3.8, 4) is 0 Å². The predicted molar refractivity (Wildman–Crippen MR) is 330 cm³/mol. The first-order chi connectivity index (χ1) is 37.5. The molecule has 0 radical (unpaired) electrons. The predicted octanol–water partition coefficient (Wildman–Crippen LogP) is 22.5. The topological polar surface area (TPSA) is 78.9 Å². The van der Waals surface area contributed by atoms with Gasteiger partial charge in [-0.15, -0.1) is 0 Å². The van der Waals surface area contributed by atoms with Gasteiger partial charge in [-0.2, -0.15) is 0 Å². The zero-order valence-corrected chi connectivity index (χ0v) is 50.5. The van der Waals surface area contributed by atoms with Crippen LogP contribution >= 0.6 is 0 Å². The summed E-state index contributed by atoms with van der Waals surface area (Å²) in [5.74, 6) is -0.889. The second-order valence-electron chi connectivity index (χ2n) is 22.0. The van der Waals surface area contributed by atoms with Crippen LogP contribution in [-0.4, -0.2) is 37.2 Å². The molecule has 6 nitrogen and oxygen atoms in total. The van der Waals surface area contributed by atoms with Gasteiger partial charge in [-0.3, -0.25) is 14.4 Å². The van der Waals surface area contributed by atoms with E-state index in [9.17, 15) is 14.4 Å². The molecule has 0 heterocycles. The van der Waals surface area contributed by atoms with Crippen LogP contribution in [0.3, 0.4) is 0 Å². The van der Waals surface area contributed by atoms with E-state index in [0.29, 0.717) is 19.3 Å². The van der Waals surface area contributed by atoms with Crippen LogP contribution in [0.1, 0.15) is 335 Å². The highest BCUT2D eigenvalue weighted by atomic mass is 16.6. The maximum atomic E-state index is 12.9. The van der Waals surface area contributed by atoms with Gasteiger partial charge < -0.3 is 14.2 Å². The molecule has 0 aliphatic rings. The van der Waals surface area contributed by atoms with Gasteiger partial charge in [0, 0.05) is 19.3 Å². The number of hydrogen-bond donors (Lipinski definition) is 0. The van der Waals surface area contributed by atoms with Crippen LogP contribution in [0.15, 0.2) is 72.9 Å². The lowest BCUT2D eigenvalue weighted by molar-refractivity contribution is -0.167. The number of unbranched alkanes of at least 4 members (excludes halogenated alkanes) is 37. The Morgan fingerprint density at radius 3 is 0.816 bits per heavy atom. The van der Waals surface area contributed by atoms with E-state index in [0.717, 1.165) is 109 Å². The van der Waals surface area contributed by atoms with E-state index in [1.807, 2.05) is 0 Å². The highest BCUT2D eigenvalue weighted by molar-refractivity contribution is 5.71. The van der Waals surface area contributed by atoms with E-state index in [1.165, 1.54) is 186 Å². The van der Waals surface area contributed by atoms with E-state index >= 15 is 0 Å². The summed E-state index contributed by atoms with van der Waals surface area (Å²) >= 11 is 0. The van der Waals surface area contributed by atoms with Gasteiger partial charge in [-0.05, 0) is 89.9 Å². The first kappa shape index (κ1) is 72.8. The van der Waals surface area contributed by atoms with Crippen LogP contribution in [0.4, 0.5) is 0 Å². The van der Waals surface area contributed by atoms with Crippen LogP contribution in [0, 0.1) is 0 Å². The van der Waals surface area contributed by atoms with Crippen molar-refractivity contribution in [1.29, 1.82) is 0 Å². The van der Waals surface area contributed by atoms with E-state index in [4.69, 9.17) is 14.2 Å². The average molecular weight is 1060 g/mol. The maximum Gasteiger partial charge on any atom is 0.306 e. The number of esters is 3. The third-order valence-corrected chi connectivity index (χ3v) is 14.4. The Kier molecular flexibility index (Phi) is 61.7. The number of carbonyl (C=O) groups excluding carboxylic acids is 3. The standard InChI is InChI=1S/C70H124O6/c1-4-7-10-13-16-19-21-23-25-27-29-31-32-33-34-35-36-37-38-40-41-43-45-47-49-51-54-57-60-63-69(72)75-66-67(65-74-68(71)62-59-56-53-18-15-12-9-6-3)76-70(73)64-61-58-55-52-50-48-46-44-42-39-30-28-26-24-22-20-17-14-11-8-5-2/h8,11,17,20,24,26-27,29-30,39,44,46,67H,4-7,9-10,12-16,18-19,21-23,25,28,31-38,40-43,45,47-66H2,1-3H3/b11-8-,20-17-,26-24-,29-27-,39-30-,46-44-. The molecule has 1 unspecified atom stereocenters. The van der Waals surface area contributed by atoms with Crippen molar-refractivity contribution in [3.63, 3.8) is 0 Å². The number of allylic oxidation sites excluding steroid dienone is 12. The molecule has 0 aromatic carbocycles. The van der Waals surface area contributed by atoms with E-state index in [2.05, 4.69) is 93.7 Å². The van der Waals surface area contributed by atoms with Gasteiger partial charge in [0.15, 0.2) is 6.10 Å². The third-order valence-electron chi connectivity index (χ3n) is 14.4. The van der Waals surface area contributed by atoms with Gasteiger partial charge >= 0.3 is 17.9 Å². The van der Waals surface area contributed by atoms with Crippen LogP contribution < -0.4 is 0 Å². The molecule has 0 rings (SSSR count). The molecule has 0 aliphatic heterocycles. The van der Waals surface area contributed by atoms with Gasteiger partial charge in [0.2, 0.25) is 0 Å². The van der Waals surface area contributed by atoms with Crippen molar-refractivity contribution < 1.29 is 28.6 Å². The average Bonchev–Trinajstić information content (AvgIpc) is 3.42. The summed E-state index contributed by atoms with van der Waals surface area (Å²) in [6.07, 6.45) is 83.7. The molecule has 0 aliphatic carbocycles. The zero-order chi connectivity index (χ0) is 55.0. The molecule has 6 heteroatoms. The first-order valence-corrected chi connectivity index (χ1v) is 32.9. The van der Waals surface area contributed by atoms with Crippen molar-refractivity contribution in [1.82, 2.24) is 0 Å². The lowest BCUT2D eigenvalue weighted by Gasteiger charge is -2.18. The molecule has 76 heavy (non-hydrogen) atoms. The molecular weight excluding hydrogens is 937 g/mol. The van der Waals surface area contributed by atoms with Crippen LogP contribution in [0.25, 0.3) is 0 Å². The van der Waals surface area contributed by atoms with Gasteiger partial charge in [-0.25, -0.2) is 0 Å². The van der Waals surface area contributed by atoms with Crippen molar-refractivity contribution >= 4 is 17.9 Å². The number of ether oxygens (including phenoxy) is 3. The highest BCUT2D eigenvalue weighted by Crippen LogP contribution is 2.17. The Morgan fingerprint density at radius 1 is 0.276 bits per heavy atom. The molecule has 0 amide bonds. The van der Waals surface area contributed by atoms with Gasteiger partial charge in [0.25, 0.3) is 0 Å². The minimum absolute atomic E-state index is 0.0802. The second kappa shape index (κ2) is 64.4. The summed E-state index contributed by atoms with van der Waals surface area (Å²) in [5.41, 5.74) is 0. The Bertz CT molecular complexity index is 1400. The third kappa shape index (κ3) is 61.7. The zero-order valence-electron chi connectivity index (χ0n) is 50.5. The minimum atomic E-state index is -0.783. The summed E-state index contributed by atoms with van der Waals surface area (Å²) in [7, 11) is 0. The van der Waals surface area contributed by atoms with Crippen molar-refractivity contribution in [2.75, 3.05) is 13.2 Å².